The van der Waals surface area contributed by atoms with Crippen molar-refractivity contribution >= 4 is 21.7 Å². The molecule has 0 aromatic heterocycles. The molecule has 0 bridgehead atoms. The Morgan fingerprint density at radius 2 is 2.00 bits per heavy atom. The average molecular weight is 269 g/mol. The summed E-state index contributed by atoms with van der Waals surface area (Å²) < 4.78 is 30.3. The van der Waals surface area contributed by atoms with E-state index in [1.807, 2.05) is 0 Å². The molecule has 0 radical (unpaired) electrons. The molecule has 18 heavy (non-hydrogen) atoms. The van der Waals surface area contributed by atoms with Crippen molar-refractivity contribution in [3.63, 3.8) is 0 Å². The van der Waals surface area contributed by atoms with Crippen LogP contribution in [0.1, 0.15) is 31.4 Å². The van der Waals surface area contributed by atoms with E-state index in [0.29, 0.717) is 18.5 Å². The van der Waals surface area contributed by atoms with Gasteiger partial charge in [-0.25, -0.2) is 8.42 Å². The number of sulfonamides is 1. The van der Waals surface area contributed by atoms with Crippen LogP contribution >= 0.6 is 0 Å². The summed E-state index contributed by atoms with van der Waals surface area (Å²) in [6.07, 6.45) is 0.919. The summed E-state index contributed by atoms with van der Waals surface area (Å²) in [5.74, 6) is -0.148. The van der Waals surface area contributed by atoms with Crippen LogP contribution < -0.4 is 4.72 Å². The molecule has 1 aliphatic heterocycles. The van der Waals surface area contributed by atoms with Crippen LogP contribution in [0.25, 0.3) is 0 Å². The Balaban J connectivity index is 2.08. The fraction of sp³-hybridized carbons (Fsp3) is 0.417. The minimum atomic E-state index is -3.25. The number of hydrogen-bond donors (Lipinski definition) is 1. The summed E-state index contributed by atoms with van der Waals surface area (Å²) in [7, 11) is -3.25. The van der Waals surface area contributed by atoms with Crippen LogP contribution in [-0.4, -0.2) is 20.1 Å². The summed E-state index contributed by atoms with van der Waals surface area (Å²) >= 11 is 0. The molecule has 5 nitrogen and oxygen atoms in total. The quantitative estimate of drug-likeness (QED) is 0.846. The minimum Gasteiger partial charge on any atom is -0.457 e. The first-order valence-corrected chi connectivity index (χ1v) is 7.45. The molecule has 1 atom stereocenters. The van der Waals surface area contributed by atoms with Crippen LogP contribution in [0.2, 0.25) is 0 Å². The van der Waals surface area contributed by atoms with E-state index < -0.39 is 10.0 Å². The summed E-state index contributed by atoms with van der Waals surface area (Å²) in [5, 5.41) is 0. The van der Waals surface area contributed by atoms with Gasteiger partial charge in [-0.1, -0.05) is 12.1 Å². The molecule has 0 unspecified atom stereocenters. The second kappa shape index (κ2) is 4.97. The van der Waals surface area contributed by atoms with E-state index in [4.69, 9.17) is 4.74 Å². The summed E-state index contributed by atoms with van der Waals surface area (Å²) in [5.41, 5.74) is 1.41. The van der Waals surface area contributed by atoms with Crippen molar-refractivity contribution in [2.75, 3.05) is 10.5 Å². The number of benzene rings is 1. The standard InChI is InChI=1S/C12H15NO4S/c1-2-18(15,16)13-10-5-3-9(4-6-10)11-7-8-12(14)17-11/h3-6,11,13H,2,7-8H2,1H3/t11-/m0/s1. The fourth-order valence-electron chi connectivity index (χ4n) is 1.78. The molecule has 1 aromatic rings. The van der Waals surface area contributed by atoms with E-state index in [-0.39, 0.29) is 17.8 Å². The normalized spacial score (nSPS) is 19.6. The number of esters is 1. The lowest BCUT2D eigenvalue weighted by molar-refractivity contribution is -0.141. The van der Waals surface area contributed by atoms with Crippen molar-refractivity contribution in [3.05, 3.63) is 29.8 Å². The predicted molar refractivity (Wildman–Crippen MR) is 67.6 cm³/mol. The van der Waals surface area contributed by atoms with Gasteiger partial charge in [-0.15, -0.1) is 0 Å². The zero-order chi connectivity index (χ0) is 13.2. The van der Waals surface area contributed by atoms with Gasteiger partial charge < -0.3 is 4.74 Å². The Labute approximate surface area is 106 Å². The lowest BCUT2D eigenvalue weighted by atomic mass is 10.1. The van der Waals surface area contributed by atoms with E-state index in [2.05, 4.69) is 4.72 Å². The van der Waals surface area contributed by atoms with E-state index in [1.54, 1.807) is 31.2 Å². The van der Waals surface area contributed by atoms with Crippen molar-refractivity contribution in [1.82, 2.24) is 0 Å². The van der Waals surface area contributed by atoms with E-state index >= 15 is 0 Å². The Morgan fingerprint density at radius 3 is 2.50 bits per heavy atom. The number of cyclic esters (lactones) is 1. The molecule has 0 amide bonds. The second-order valence-corrected chi connectivity index (χ2v) is 6.16. The van der Waals surface area contributed by atoms with E-state index in [9.17, 15) is 13.2 Å². The Morgan fingerprint density at radius 1 is 1.33 bits per heavy atom. The molecule has 0 aliphatic carbocycles. The van der Waals surface area contributed by atoms with Gasteiger partial charge in [0.15, 0.2) is 0 Å². The molecular formula is C12H15NO4S. The highest BCUT2D eigenvalue weighted by Crippen LogP contribution is 2.29. The molecule has 0 saturated carbocycles. The second-order valence-electron chi connectivity index (χ2n) is 4.14. The van der Waals surface area contributed by atoms with Crippen LogP contribution in [0.5, 0.6) is 0 Å². The maximum atomic E-state index is 11.4. The van der Waals surface area contributed by atoms with Gasteiger partial charge in [0.05, 0.1) is 5.75 Å². The maximum Gasteiger partial charge on any atom is 0.306 e. The highest BCUT2D eigenvalue weighted by Gasteiger charge is 2.24. The fourth-order valence-corrected chi connectivity index (χ4v) is 2.42. The first-order chi connectivity index (χ1) is 8.50. The largest absolute Gasteiger partial charge is 0.457 e. The van der Waals surface area contributed by atoms with Crippen molar-refractivity contribution in [1.29, 1.82) is 0 Å². The van der Waals surface area contributed by atoms with Gasteiger partial charge >= 0.3 is 5.97 Å². The van der Waals surface area contributed by atoms with E-state index in [0.717, 1.165) is 5.56 Å². The average Bonchev–Trinajstić information content (AvgIpc) is 2.76. The van der Waals surface area contributed by atoms with Gasteiger partial charge in [0, 0.05) is 12.1 Å². The topological polar surface area (TPSA) is 72.5 Å². The zero-order valence-corrected chi connectivity index (χ0v) is 10.9. The predicted octanol–water partition coefficient (Wildman–Crippen LogP) is 1.83. The molecule has 1 N–H and O–H groups in total. The van der Waals surface area contributed by atoms with Gasteiger partial charge in [-0.2, -0.15) is 0 Å². The van der Waals surface area contributed by atoms with Crippen LogP contribution in [0.15, 0.2) is 24.3 Å². The molecule has 1 fully saturated rings. The van der Waals surface area contributed by atoms with Crippen molar-refractivity contribution in [2.24, 2.45) is 0 Å². The molecule has 1 heterocycles. The Kier molecular flexibility index (Phi) is 3.56. The van der Waals surface area contributed by atoms with Crippen LogP contribution in [0.4, 0.5) is 5.69 Å². The Bertz CT molecular complexity index is 536. The molecule has 1 aromatic carbocycles. The number of ether oxygens (including phenoxy) is 1. The highest BCUT2D eigenvalue weighted by molar-refractivity contribution is 7.92. The monoisotopic (exact) mass is 269 g/mol. The Hall–Kier alpha value is -1.56. The first kappa shape index (κ1) is 12.9. The number of carbonyl (C=O) groups is 1. The lowest BCUT2D eigenvalue weighted by Crippen LogP contribution is -2.14. The third-order valence-electron chi connectivity index (χ3n) is 2.82. The molecule has 1 saturated heterocycles. The molecular weight excluding hydrogens is 254 g/mol. The molecule has 6 heteroatoms. The minimum absolute atomic E-state index is 0.0367. The van der Waals surface area contributed by atoms with Crippen LogP contribution in [0, 0.1) is 0 Å². The SMILES string of the molecule is CCS(=O)(=O)Nc1ccc([C@@H]2CCC(=O)O2)cc1. The maximum absolute atomic E-state index is 11.4. The summed E-state index contributed by atoms with van der Waals surface area (Å²) in [6, 6.07) is 6.90. The number of hydrogen-bond acceptors (Lipinski definition) is 4. The third-order valence-corrected chi connectivity index (χ3v) is 4.13. The molecule has 0 spiro atoms. The van der Waals surface area contributed by atoms with Gasteiger partial charge in [-0.05, 0) is 31.0 Å². The van der Waals surface area contributed by atoms with Crippen molar-refractivity contribution in [2.45, 2.75) is 25.9 Å². The number of rotatable bonds is 4. The molecule has 1 aliphatic rings. The molecule has 98 valence electrons. The first-order valence-electron chi connectivity index (χ1n) is 5.80. The van der Waals surface area contributed by atoms with E-state index in [1.165, 1.54) is 0 Å². The highest BCUT2D eigenvalue weighted by atomic mass is 32.2. The van der Waals surface area contributed by atoms with Crippen LogP contribution in [-0.2, 0) is 19.6 Å². The van der Waals surface area contributed by atoms with Gasteiger partial charge in [0.2, 0.25) is 10.0 Å². The van der Waals surface area contributed by atoms with Gasteiger partial charge in [0.1, 0.15) is 6.10 Å². The number of anilines is 1. The van der Waals surface area contributed by atoms with Gasteiger partial charge in [-0.3, -0.25) is 9.52 Å². The van der Waals surface area contributed by atoms with Gasteiger partial charge in [0.25, 0.3) is 0 Å². The third kappa shape index (κ3) is 3.01. The van der Waals surface area contributed by atoms with Crippen molar-refractivity contribution < 1.29 is 17.9 Å². The van der Waals surface area contributed by atoms with Crippen LogP contribution in [0.3, 0.4) is 0 Å². The summed E-state index contributed by atoms with van der Waals surface area (Å²) in [4.78, 5) is 11.0. The number of carbonyl (C=O) groups excluding carboxylic acids is 1. The summed E-state index contributed by atoms with van der Waals surface area (Å²) in [6.45, 7) is 1.58. The zero-order valence-electron chi connectivity index (χ0n) is 10.0. The lowest BCUT2D eigenvalue weighted by Gasteiger charge is -2.11. The number of nitrogens with one attached hydrogen (secondary N) is 1. The smallest absolute Gasteiger partial charge is 0.306 e. The van der Waals surface area contributed by atoms with Crippen molar-refractivity contribution in [3.8, 4) is 0 Å². The molecule has 2 rings (SSSR count).